The lowest BCUT2D eigenvalue weighted by molar-refractivity contribution is -0.384. The molecule has 0 aliphatic heterocycles. The summed E-state index contributed by atoms with van der Waals surface area (Å²) in [6, 6.07) is 9.73. The molecule has 2 aromatic rings. The number of rotatable bonds is 4. The molecule has 0 bridgehead atoms. The number of hydrogen-bond donors (Lipinski definition) is 1. The van der Waals surface area contributed by atoms with Crippen LogP contribution < -0.4 is 5.43 Å². The Bertz CT molecular complexity index is 590. The minimum atomic E-state index is -0.454. The largest absolute Gasteiger partial charge is 0.460 e. The van der Waals surface area contributed by atoms with Crippen LogP contribution in [0.3, 0.4) is 0 Å². The SMILES string of the molecule is Cc1ccc(C=NNc2cccc([N+](=O)[O-])c2)o1. The molecule has 0 aliphatic carbocycles. The van der Waals surface area contributed by atoms with Gasteiger partial charge in [0.2, 0.25) is 0 Å². The molecule has 0 radical (unpaired) electrons. The Kier molecular flexibility index (Phi) is 3.38. The fraction of sp³-hybridized carbons (Fsp3) is 0.0833. The summed E-state index contributed by atoms with van der Waals surface area (Å²) < 4.78 is 5.29. The summed E-state index contributed by atoms with van der Waals surface area (Å²) in [4.78, 5) is 10.1. The number of non-ortho nitro benzene ring substituents is 1. The highest BCUT2D eigenvalue weighted by molar-refractivity contribution is 5.76. The van der Waals surface area contributed by atoms with Gasteiger partial charge in [0.15, 0.2) is 0 Å². The van der Waals surface area contributed by atoms with Gasteiger partial charge in [-0.25, -0.2) is 0 Å². The maximum absolute atomic E-state index is 10.6. The van der Waals surface area contributed by atoms with Gasteiger partial charge in [0.25, 0.3) is 5.69 Å². The summed E-state index contributed by atoms with van der Waals surface area (Å²) in [7, 11) is 0. The predicted octanol–water partition coefficient (Wildman–Crippen LogP) is 2.94. The predicted molar refractivity (Wildman–Crippen MR) is 67.8 cm³/mol. The molecule has 1 N–H and O–H groups in total. The maximum atomic E-state index is 10.6. The molecule has 0 spiro atoms. The van der Waals surface area contributed by atoms with E-state index in [0.29, 0.717) is 11.4 Å². The van der Waals surface area contributed by atoms with E-state index >= 15 is 0 Å². The van der Waals surface area contributed by atoms with Crippen molar-refractivity contribution in [3.05, 3.63) is 58.0 Å². The van der Waals surface area contributed by atoms with Crippen LogP contribution in [-0.4, -0.2) is 11.1 Å². The van der Waals surface area contributed by atoms with E-state index in [1.54, 1.807) is 18.2 Å². The maximum Gasteiger partial charge on any atom is 0.271 e. The Morgan fingerprint density at radius 3 is 2.89 bits per heavy atom. The highest BCUT2D eigenvalue weighted by Gasteiger charge is 2.04. The van der Waals surface area contributed by atoms with Gasteiger partial charge in [-0.05, 0) is 25.1 Å². The van der Waals surface area contributed by atoms with E-state index in [0.717, 1.165) is 5.76 Å². The first-order chi connectivity index (χ1) is 8.65. The van der Waals surface area contributed by atoms with Gasteiger partial charge in [-0.3, -0.25) is 15.5 Å². The van der Waals surface area contributed by atoms with E-state index in [4.69, 9.17) is 4.42 Å². The van der Waals surface area contributed by atoms with Crippen molar-refractivity contribution in [2.45, 2.75) is 6.92 Å². The molecular formula is C12H11N3O3. The van der Waals surface area contributed by atoms with Crippen LogP contribution in [0.15, 0.2) is 45.9 Å². The Morgan fingerprint density at radius 2 is 2.22 bits per heavy atom. The van der Waals surface area contributed by atoms with Crippen LogP contribution in [0, 0.1) is 17.0 Å². The summed E-state index contributed by atoms with van der Waals surface area (Å²) in [5, 5.41) is 14.5. The van der Waals surface area contributed by atoms with Crippen LogP contribution in [0.1, 0.15) is 11.5 Å². The number of aryl methyl sites for hydroxylation is 1. The summed E-state index contributed by atoms with van der Waals surface area (Å²) in [6.07, 6.45) is 1.51. The molecule has 0 fully saturated rings. The lowest BCUT2D eigenvalue weighted by Crippen LogP contribution is -1.92. The van der Waals surface area contributed by atoms with Gasteiger partial charge in [0.1, 0.15) is 11.5 Å². The molecule has 18 heavy (non-hydrogen) atoms. The Labute approximate surface area is 103 Å². The molecule has 0 saturated carbocycles. The topological polar surface area (TPSA) is 80.7 Å². The van der Waals surface area contributed by atoms with Gasteiger partial charge in [-0.15, -0.1) is 0 Å². The molecule has 0 aliphatic rings. The Hall–Kier alpha value is -2.63. The number of benzene rings is 1. The summed E-state index contributed by atoms with van der Waals surface area (Å²) in [5.41, 5.74) is 3.27. The standard InChI is InChI=1S/C12H11N3O3/c1-9-5-6-12(18-9)8-13-14-10-3-2-4-11(7-10)15(16)17/h2-8,14H,1H3. The zero-order valence-electron chi connectivity index (χ0n) is 9.66. The molecule has 0 saturated heterocycles. The van der Waals surface area contributed by atoms with Crippen LogP contribution in [0.4, 0.5) is 11.4 Å². The normalized spacial score (nSPS) is 10.7. The van der Waals surface area contributed by atoms with E-state index in [1.807, 2.05) is 13.0 Å². The second-order valence-electron chi connectivity index (χ2n) is 3.63. The smallest absolute Gasteiger partial charge is 0.271 e. The van der Waals surface area contributed by atoms with Crippen molar-refractivity contribution in [2.24, 2.45) is 5.10 Å². The molecule has 1 aromatic carbocycles. The van der Waals surface area contributed by atoms with Gasteiger partial charge in [0.05, 0.1) is 16.8 Å². The van der Waals surface area contributed by atoms with E-state index in [-0.39, 0.29) is 5.69 Å². The average molecular weight is 245 g/mol. The van der Waals surface area contributed by atoms with Gasteiger partial charge >= 0.3 is 0 Å². The average Bonchev–Trinajstić information content (AvgIpc) is 2.75. The molecule has 0 unspecified atom stereocenters. The number of nitro groups is 1. The number of nitrogens with one attached hydrogen (secondary N) is 1. The molecule has 0 atom stereocenters. The fourth-order valence-electron chi connectivity index (χ4n) is 1.38. The van der Waals surface area contributed by atoms with E-state index < -0.39 is 4.92 Å². The van der Waals surface area contributed by atoms with Crippen molar-refractivity contribution in [1.82, 2.24) is 0 Å². The Balaban J connectivity index is 2.04. The van der Waals surface area contributed by atoms with Gasteiger partial charge in [-0.2, -0.15) is 5.10 Å². The fourth-order valence-corrected chi connectivity index (χ4v) is 1.38. The summed E-state index contributed by atoms with van der Waals surface area (Å²) in [5.74, 6) is 1.41. The monoisotopic (exact) mass is 245 g/mol. The molecule has 6 nitrogen and oxygen atoms in total. The first kappa shape index (κ1) is 11.8. The minimum Gasteiger partial charge on any atom is -0.460 e. The van der Waals surface area contributed by atoms with Crippen molar-refractivity contribution in [3.63, 3.8) is 0 Å². The van der Waals surface area contributed by atoms with Crippen molar-refractivity contribution >= 4 is 17.6 Å². The highest BCUT2D eigenvalue weighted by Crippen LogP contribution is 2.16. The lowest BCUT2D eigenvalue weighted by Gasteiger charge is -1.98. The van der Waals surface area contributed by atoms with Crippen LogP contribution in [0.5, 0.6) is 0 Å². The Morgan fingerprint density at radius 1 is 1.39 bits per heavy atom. The first-order valence-corrected chi connectivity index (χ1v) is 5.25. The summed E-state index contributed by atoms with van der Waals surface area (Å²) in [6.45, 7) is 1.84. The third-order valence-electron chi connectivity index (χ3n) is 2.20. The minimum absolute atomic E-state index is 0.0176. The molecule has 2 rings (SSSR count). The second-order valence-corrected chi connectivity index (χ2v) is 3.63. The van der Waals surface area contributed by atoms with Gasteiger partial charge < -0.3 is 4.42 Å². The zero-order chi connectivity index (χ0) is 13.0. The number of anilines is 1. The van der Waals surface area contributed by atoms with Gasteiger partial charge in [0, 0.05) is 12.1 Å². The first-order valence-electron chi connectivity index (χ1n) is 5.25. The highest BCUT2D eigenvalue weighted by atomic mass is 16.6. The number of hydrazone groups is 1. The van der Waals surface area contributed by atoms with Crippen LogP contribution in [-0.2, 0) is 0 Å². The van der Waals surface area contributed by atoms with Crippen LogP contribution in [0.2, 0.25) is 0 Å². The van der Waals surface area contributed by atoms with E-state index in [1.165, 1.54) is 18.3 Å². The molecule has 6 heteroatoms. The number of nitro benzene ring substituents is 1. The van der Waals surface area contributed by atoms with Gasteiger partial charge in [-0.1, -0.05) is 6.07 Å². The van der Waals surface area contributed by atoms with Crippen LogP contribution >= 0.6 is 0 Å². The molecule has 1 aromatic heterocycles. The third-order valence-corrected chi connectivity index (χ3v) is 2.20. The van der Waals surface area contributed by atoms with Crippen molar-refractivity contribution in [1.29, 1.82) is 0 Å². The van der Waals surface area contributed by atoms with Crippen molar-refractivity contribution in [2.75, 3.05) is 5.43 Å². The number of furan rings is 1. The van der Waals surface area contributed by atoms with Crippen molar-refractivity contribution in [3.8, 4) is 0 Å². The quantitative estimate of drug-likeness (QED) is 0.510. The number of hydrogen-bond acceptors (Lipinski definition) is 5. The molecule has 0 amide bonds. The number of nitrogens with zero attached hydrogens (tertiary/aromatic N) is 2. The van der Waals surface area contributed by atoms with Crippen LogP contribution in [0.25, 0.3) is 0 Å². The molecule has 92 valence electrons. The lowest BCUT2D eigenvalue weighted by atomic mass is 10.3. The second kappa shape index (κ2) is 5.13. The van der Waals surface area contributed by atoms with E-state index in [2.05, 4.69) is 10.5 Å². The summed E-state index contributed by atoms with van der Waals surface area (Å²) >= 11 is 0. The zero-order valence-corrected chi connectivity index (χ0v) is 9.66. The molecular weight excluding hydrogens is 234 g/mol. The van der Waals surface area contributed by atoms with Crippen molar-refractivity contribution < 1.29 is 9.34 Å². The van der Waals surface area contributed by atoms with E-state index in [9.17, 15) is 10.1 Å². The third kappa shape index (κ3) is 2.94. The molecule has 1 heterocycles.